The lowest BCUT2D eigenvalue weighted by Gasteiger charge is -2.34. The number of carbonyl (C=O) groups excluding carboxylic acids is 3. The summed E-state index contributed by atoms with van der Waals surface area (Å²) in [5.74, 6) is -1.08. The van der Waals surface area contributed by atoms with Gasteiger partial charge in [-0.1, -0.05) is 11.6 Å². The van der Waals surface area contributed by atoms with E-state index < -0.39 is 24.0 Å². The zero-order chi connectivity index (χ0) is 26.1. The molecule has 12 heteroatoms. The maximum Gasteiger partial charge on any atom is 0.259 e. The van der Waals surface area contributed by atoms with Crippen molar-refractivity contribution in [1.29, 1.82) is 0 Å². The lowest BCUT2D eigenvalue weighted by molar-refractivity contribution is -0.150. The molecule has 3 aromatic rings. The predicted octanol–water partition coefficient (Wildman–Crippen LogP) is 1.61. The monoisotopic (exact) mass is 527 g/mol. The number of amides is 3. The Morgan fingerprint density at radius 2 is 1.92 bits per heavy atom. The summed E-state index contributed by atoms with van der Waals surface area (Å²) in [4.78, 5) is 44.7. The average molecular weight is 528 g/mol. The van der Waals surface area contributed by atoms with E-state index in [0.29, 0.717) is 49.1 Å². The maximum atomic E-state index is 13.2. The fraction of sp³-hybridized carbons (Fsp3) is 0.320. The summed E-state index contributed by atoms with van der Waals surface area (Å²) < 4.78 is 10.8. The second-order valence-electron chi connectivity index (χ2n) is 8.79. The summed E-state index contributed by atoms with van der Waals surface area (Å²) >= 11 is 6.42. The number of aliphatic hydroxyl groups is 1. The SMILES string of the molecule is Nc1[nH]cc2cc(NC(=O)[C@H](O)[C@H]3OCCN(c4ccc(C(=O)N5CCOCC5)c(Cl)c4)C3=O)ccc12. The largest absolute Gasteiger partial charge is 0.385 e. The molecule has 2 aliphatic heterocycles. The smallest absolute Gasteiger partial charge is 0.259 e. The van der Waals surface area contributed by atoms with Crippen molar-refractivity contribution in [1.82, 2.24) is 9.88 Å². The minimum atomic E-state index is -1.75. The van der Waals surface area contributed by atoms with Crippen LogP contribution in [0.15, 0.2) is 42.6 Å². The topological polar surface area (TPSA) is 150 Å². The molecular weight excluding hydrogens is 502 g/mol. The number of nitrogens with zero attached hydrogens (tertiary/aromatic N) is 2. The molecule has 5 rings (SSSR count). The third-order valence-corrected chi connectivity index (χ3v) is 6.78. The van der Waals surface area contributed by atoms with E-state index in [1.807, 2.05) is 0 Å². The summed E-state index contributed by atoms with van der Waals surface area (Å²) in [5.41, 5.74) is 7.04. The summed E-state index contributed by atoms with van der Waals surface area (Å²) in [5, 5.41) is 15.1. The number of anilines is 3. The summed E-state index contributed by atoms with van der Waals surface area (Å²) in [7, 11) is 0. The Kier molecular flexibility index (Phi) is 7.02. The van der Waals surface area contributed by atoms with Crippen molar-refractivity contribution in [3.63, 3.8) is 0 Å². The number of aromatic nitrogens is 1. The number of nitrogens with two attached hydrogens (primary N) is 1. The first-order valence-corrected chi connectivity index (χ1v) is 12.2. The van der Waals surface area contributed by atoms with Crippen molar-refractivity contribution in [2.24, 2.45) is 0 Å². The third kappa shape index (κ3) is 4.98. The van der Waals surface area contributed by atoms with Crippen LogP contribution in [-0.4, -0.2) is 84.4 Å². The number of rotatable bonds is 5. The Morgan fingerprint density at radius 3 is 2.68 bits per heavy atom. The van der Waals surface area contributed by atoms with Crippen LogP contribution in [0.25, 0.3) is 10.8 Å². The van der Waals surface area contributed by atoms with Gasteiger partial charge < -0.3 is 40.4 Å². The van der Waals surface area contributed by atoms with Crippen molar-refractivity contribution in [2.45, 2.75) is 12.2 Å². The second kappa shape index (κ2) is 10.4. The standard InChI is InChI=1S/C25H26ClN5O6/c26-19-12-16(2-4-18(19)24(34)30-5-8-36-9-6-30)31-7-10-37-21(25(31)35)20(32)23(33)29-15-1-3-17-14(11-15)13-28-22(17)27/h1-4,11-13,20-21,28,32H,5-10,27H2,(H,29,33)/t20-,21-/m1/s1. The van der Waals surface area contributed by atoms with Crippen LogP contribution in [0.2, 0.25) is 5.02 Å². The summed E-state index contributed by atoms with van der Waals surface area (Å²) in [6.45, 7) is 2.19. The molecule has 0 aliphatic carbocycles. The molecule has 1 aromatic heterocycles. The molecule has 2 aromatic carbocycles. The number of hydrogen-bond donors (Lipinski definition) is 4. The van der Waals surface area contributed by atoms with Crippen molar-refractivity contribution >= 4 is 57.3 Å². The fourth-order valence-electron chi connectivity index (χ4n) is 4.46. The molecule has 2 saturated heterocycles. The number of hydrogen-bond acceptors (Lipinski definition) is 7. The van der Waals surface area contributed by atoms with Gasteiger partial charge in [0.15, 0.2) is 12.2 Å². The molecule has 3 amide bonds. The van der Waals surface area contributed by atoms with E-state index in [2.05, 4.69) is 10.3 Å². The quantitative estimate of drug-likeness (QED) is 0.393. The predicted molar refractivity (Wildman–Crippen MR) is 138 cm³/mol. The number of nitrogen functional groups attached to an aromatic ring is 1. The van der Waals surface area contributed by atoms with Crippen LogP contribution >= 0.6 is 11.6 Å². The van der Waals surface area contributed by atoms with E-state index in [0.717, 1.165) is 10.8 Å². The van der Waals surface area contributed by atoms with E-state index in [1.165, 1.54) is 11.0 Å². The van der Waals surface area contributed by atoms with Crippen molar-refractivity contribution < 1.29 is 29.0 Å². The van der Waals surface area contributed by atoms with Gasteiger partial charge in [0.2, 0.25) is 0 Å². The first-order valence-electron chi connectivity index (χ1n) is 11.8. The van der Waals surface area contributed by atoms with E-state index in [9.17, 15) is 19.5 Å². The van der Waals surface area contributed by atoms with Gasteiger partial charge in [0.05, 0.1) is 30.4 Å². The minimum absolute atomic E-state index is 0.0986. The van der Waals surface area contributed by atoms with Gasteiger partial charge in [0.25, 0.3) is 17.7 Å². The Labute approximate surface area is 217 Å². The van der Waals surface area contributed by atoms with E-state index in [-0.39, 0.29) is 24.1 Å². The highest BCUT2D eigenvalue weighted by atomic mass is 35.5. The lowest BCUT2D eigenvalue weighted by Crippen LogP contribution is -2.55. The molecule has 11 nitrogen and oxygen atoms in total. The number of benzene rings is 2. The fourth-order valence-corrected chi connectivity index (χ4v) is 4.72. The zero-order valence-corrected chi connectivity index (χ0v) is 20.5. The van der Waals surface area contributed by atoms with Crippen LogP contribution in [0.5, 0.6) is 0 Å². The number of halogens is 1. The molecule has 0 spiro atoms. The van der Waals surface area contributed by atoms with Crippen LogP contribution in [0.3, 0.4) is 0 Å². The average Bonchev–Trinajstić information content (AvgIpc) is 3.28. The first kappa shape index (κ1) is 25.0. The minimum Gasteiger partial charge on any atom is -0.385 e. The van der Waals surface area contributed by atoms with Crippen molar-refractivity contribution in [3.05, 3.63) is 53.2 Å². The van der Waals surface area contributed by atoms with Gasteiger partial charge in [-0.05, 0) is 36.4 Å². The molecule has 2 aliphatic rings. The van der Waals surface area contributed by atoms with Gasteiger partial charge in [-0.15, -0.1) is 0 Å². The number of carbonyl (C=O) groups is 3. The van der Waals surface area contributed by atoms with Gasteiger partial charge >= 0.3 is 0 Å². The molecule has 0 unspecified atom stereocenters. The van der Waals surface area contributed by atoms with Gasteiger partial charge in [-0.3, -0.25) is 14.4 Å². The first-order chi connectivity index (χ1) is 17.8. The van der Waals surface area contributed by atoms with Gasteiger partial charge in [-0.2, -0.15) is 0 Å². The van der Waals surface area contributed by atoms with Crippen molar-refractivity contribution in [2.75, 3.05) is 55.4 Å². The second-order valence-corrected chi connectivity index (χ2v) is 9.20. The highest BCUT2D eigenvalue weighted by Crippen LogP contribution is 2.28. The Hall–Kier alpha value is -3.64. The molecule has 2 atom stereocenters. The molecule has 0 bridgehead atoms. The zero-order valence-electron chi connectivity index (χ0n) is 19.8. The van der Waals surface area contributed by atoms with Gasteiger partial charge in [0, 0.05) is 48.0 Å². The van der Waals surface area contributed by atoms with Crippen LogP contribution in [0.4, 0.5) is 17.2 Å². The molecule has 194 valence electrons. The third-order valence-electron chi connectivity index (χ3n) is 6.46. The van der Waals surface area contributed by atoms with Gasteiger partial charge in [-0.25, -0.2) is 0 Å². The highest BCUT2D eigenvalue weighted by molar-refractivity contribution is 6.34. The molecule has 5 N–H and O–H groups in total. The summed E-state index contributed by atoms with van der Waals surface area (Å²) in [6.07, 6.45) is -1.46. The number of ether oxygens (including phenoxy) is 2. The highest BCUT2D eigenvalue weighted by Gasteiger charge is 2.39. The Balaban J connectivity index is 1.28. The number of aromatic amines is 1. The molecule has 3 heterocycles. The molecular formula is C25H26ClN5O6. The summed E-state index contributed by atoms with van der Waals surface area (Å²) in [6, 6.07) is 9.80. The van der Waals surface area contributed by atoms with Crippen LogP contribution in [0, 0.1) is 0 Å². The molecule has 0 radical (unpaired) electrons. The number of morpholine rings is 2. The van der Waals surface area contributed by atoms with Crippen LogP contribution in [-0.2, 0) is 19.1 Å². The normalized spacial score (nSPS) is 19.2. The Bertz CT molecular complexity index is 1350. The maximum absolute atomic E-state index is 13.2. The lowest BCUT2D eigenvalue weighted by atomic mass is 10.1. The van der Waals surface area contributed by atoms with E-state index in [1.54, 1.807) is 41.4 Å². The molecule has 0 saturated carbocycles. The van der Waals surface area contributed by atoms with Crippen molar-refractivity contribution in [3.8, 4) is 0 Å². The number of nitrogens with one attached hydrogen (secondary N) is 2. The number of H-pyrrole nitrogens is 1. The number of aliphatic hydroxyl groups excluding tert-OH is 1. The van der Waals surface area contributed by atoms with Crippen LogP contribution < -0.4 is 16.0 Å². The Morgan fingerprint density at radius 1 is 1.14 bits per heavy atom. The van der Waals surface area contributed by atoms with E-state index >= 15 is 0 Å². The van der Waals surface area contributed by atoms with Crippen LogP contribution in [0.1, 0.15) is 10.4 Å². The number of fused-ring (bicyclic) bond motifs is 1. The van der Waals surface area contributed by atoms with E-state index in [4.69, 9.17) is 26.8 Å². The molecule has 37 heavy (non-hydrogen) atoms. The van der Waals surface area contributed by atoms with Gasteiger partial charge in [0.1, 0.15) is 5.82 Å². The molecule has 2 fully saturated rings.